The van der Waals surface area contributed by atoms with Crippen LogP contribution in [0.4, 0.5) is 0 Å². The monoisotopic (exact) mass is 260 g/mol. The van der Waals surface area contributed by atoms with Crippen molar-refractivity contribution in [3.63, 3.8) is 0 Å². The van der Waals surface area contributed by atoms with Crippen molar-refractivity contribution in [2.45, 2.75) is 32.4 Å². The maximum Gasteiger partial charge on any atom is 0.163 e. The zero-order valence-corrected chi connectivity index (χ0v) is 11.6. The van der Waals surface area contributed by atoms with Gasteiger partial charge in [-0.1, -0.05) is 37.3 Å². The summed E-state index contributed by atoms with van der Waals surface area (Å²) in [6, 6.07) is 9.64. The molecule has 0 saturated carbocycles. The molecule has 1 heterocycles. The minimum atomic E-state index is -1.08. The van der Waals surface area contributed by atoms with Crippen molar-refractivity contribution in [2.75, 3.05) is 7.11 Å². The van der Waals surface area contributed by atoms with Crippen molar-refractivity contribution in [1.82, 2.24) is 9.78 Å². The van der Waals surface area contributed by atoms with E-state index in [1.165, 1.54) is 0 Å². The molecule has 2 aromatic rings. The Hall–Kier alpha value is -1.81. The van der Waals surface area contributed by atoms with E-state index in [0.717, 1.165) is 5.56 Å². The van der Waals surface area contributed by atoms with Gasteiger partial charge in [-0.3, -0.25) is 4.68 Å². The summed E-state index contributed by atoms with van der Waals surface area (Å²) in [5.74, 6) is 0.620. The van der Waals surface area contributed by atoms with Crippen molar-refractivity contribution in [3.05, 3.63) is 47.8 Å². The maximum absolute atomic E-state index is 11.1. The molecule has 1 aromatic heterocycles. The summed E-state index contributed by atoms with van der Waals surface area (Å²) in [7, 11) is 1.60. The van der Waals surface area contributed by atoms with Crippen LogP contribution in [0.15, 0.2) is 36.5 Å². The van der Waals surface area contributed by atoms with Gasteiger partial charge in [0.1, 0.15) is 11.3 Å². The second-order valence-corrected chi connectivity index (χ2v) is 4.46. The molecule has 1 unspecified atom stereocenters. The molecule has 102 valence electrons. The molecule has 4 nitrogen and oxygen atoms in total. The summed E-state index contributed by atoms with van der Waals surface area (Å²) in [4.78, 5) is 0. The zero-order valence-electron chi connectivity index (χ0n) is 11.6. The number of hydrogen-bond donors (Lipinski definition) is 1. The average Bonchev–Trinajstić information content (AvgIpc) is 2.91. The van der Waals surface area contributed by atoms with Crippen LogP contribution >= 0.6 is 0 Å². The summed E-state index contributed by atoms with van der Waals surface area (Å²) in [6.45, 7) is 4.64. The van der Waals surface area contributed by atoms with E-state index >= 15 is 0 Å². The first-order valence-corrected chi connectivity index (χ1v) is 6.55. The van der Waals surface area contributed by atoms with Gasteiger partial charge >= 0.3 is 0 Å². The number of ether oxygens (including phenoxy) is 1. The number of benzene rings is 1. The van der Waals surface area contributed by atoms with Crippen molar-refractivity contribution >= 4 is 0 Å². The van der Waals surface area contributed by atoms with Crippen LogP contribution in [0, 0.1) is 0 Å². The molecule has 0 amide bonds. The molecule has 1 aromatic carbocycles. The number of aliphatic hydroxyl groups is 1. The molecule has 2 rings (SSSR count). The molecule has 0 fully saturated rings. The van der Waals surface area contributed by atoms with E-state index in [-0.39, 0.29) is 0 Å². The van der Waals surface area contributed by atoms with Crippen LogP contribution in [0.3, 0.4) is 0 Å². The van der Waals surface area contributed by atoms with Crippen LogP contribution in [0.5, 0.6) is 5.75 Å². The van der Waals surface area contributed by atoms with Gasteiger partial charge in [0, 0.05) is 6.54 Å². The SMILES string of the molecule is CCn1ncc(OC)c1C(O)(CC)c1ccccc1. The molecule has 0 aliphatic carbocycles. The highest BCUT2D eigenvalue weighted by atomic mass is 16.5. The highest BCUT2D eigenvalue weighted by Gasteiger charge is 2.36. The van der Waals surface area contributed by atoms with Gasteiger partial charge in [0.15, 0.2) is 5.75 Å². The van der Waals surface area contributed by atoms with Crippen LogP contribution in [-0.2, 0) is 12.1 Å². The van der Waals surface area contributed by atoms with E-state index in [1.54, 1.807) is 18.0 Å². The third-order valence-electron chi connectivity index (χ3n) is 3.48. The molecule has 1 atom stereocenters. The fourth-order valence-corrected chi connectivity index (χ4v) is 2.40. The third kappa shape index (κ3) is 2.24. The number of hydrogen-bond acceptors (Lipinski definition) is 3. The lowest BCUT2D eigenvalue weighted by atomic mass is 9.87. The number of nitrogens with zero attached hydrogens (tertiary/aromatic N) is 2. The van der Waals surface area contributed by atoms with Crippen LogP contribution in [-0.4, -0.2) is 22.0 Å². The van der Waals surface area contributed by atoms with Crippen LogP contribution < -0.4 is 4.74 Å². The lowest BCUT2D eigenvalue weighted by molar-refractivity contribution is 0.0638. The lowest BCUT2D eigenvalue weighted by Crippen LogP contribution is -2.30. The molecule has 19 heavy (non-hydrogen) atoms. The van der Waals surface area contributed by atoms with E-state index < -0.39 is 5.60 Å². The number of aromatic nitrogens is 2. The van der Waals surface area contributed by atoms with Gasteiger partial charge in [-0.2, -0.15) is 5.10 Å². The van der Waals surface area contributed by atoms with Gasteiger partial charge in [-0.15, -0.1) is 0 Å². The van der Waals surface area contributed by atoms with E-state index in [9.17, 15) is 5.11 Å². The van der Waals surface area contributed by atoms with Gasteiger partial charge in [0.25, 0.3) is 0 Å². The molecule has 0 saturated heterocycles. The molecular formula is C15H20N2O2. The van der Waals surface area contributed by atoms with Gasteiger partial charge in [0.05, 0.1) is 13.3 Å². The van der Waals surface area contributed by atoms with E-state index in [0.29, 0.717) is 24.4 Å². The predicted molar refractivity (Wildman–Crippen MR) is 74.2 cm³/mol. The van der Waals surface area contributed by atoms with E-state index in [4.69, 9.17) is 4.74 Å². The first-order valence-electron chi connectivity index (χ1n) is 6.55. The summed E-state index contributed by atoms with van der Waals surface area (Å²) in [6.07, 6.45) is 2.21. The largest absolute Gasteiger partial charge is 0.493 e. The standard InChI is InChI=1S/C15H20N2O2/c1-4-15(18,12-9-7-6-8-10-12)14-13(19-3)11-16-17(14)5-2/h6-11,18H,4-5H2,1-3H3. The molecule has 0 radical (unpaired) electrons. The van der Waals surface area contributed by atoms with Gasteiger partial charge < -0.3 is 9.84 Å². The fraction of sp³-hybridized carbons (Fsp3) is 0.400. The minimum absolute atomic E-state index is 0.555. The molecule has 0 bridgehead atoms. The predicted octanol–water partition coefficient (Wildman–Crippen LogP) is 2.56. The summed E-state index contributed by atoms with van der Waals surface area (Å²) >= 11 is 0. The lowest BCUT2D eigenvalue weighted by Gasteiger charge is -2.28. The summed E-state index contributed by atoms with van der Waals surface area (Å²) in [5.41, 5.74) is 0.483. The highest BCUT2D eigenvalue weighted by Crippen LogP contribution is 2.38. The third-order valence-corrected chi connectivity index (χ3v) is 3.48. The number of methoxy groups -OCH3 is 1. The van der Waals surface area contributed by atoms with E-state index in [1.807, 2.05) is 44.2 Å². The Bertz CT molecular complexity index is 515. The molecule has 4 heteroatoms. The second-order valence-electron chi connectivity index (χ2n) is 4.46. The van der Waals surface area contributed by atoms with Gasteiger partial charge in [-0.25, -0.2) is 0 Å². The minimum Gasteiger partial charge on any atom is -0.493 e. The Balaban J connectivity index is 2.62. The normalized spacial score (nSPS) is 14.1. The quantitative estimate of drug-likeness (QED) is 0.898. The van der Waals surface area contributed by atoms with Gasteiger partial charge in [-0.05, 0) is 18.9 Å². The summed E-state index contributed by atoms with van der Waals surface area (Å²) < 4.78 is 7.14. The number of aryl methyl sites for hydroxylation is 1. The van der Waals surface area contributed by atoms with Crippen LogP contribution in [0.1, 0.15) is 31.5 Å². The van der Waals surface area contributed by atoms with Crippen molar-refractivity contribution < 1.29 is 9.84 Å². The topological polar surface area (TPSA) is 47.3 Å². The first kappa shape index (κ1) is 13.6. The Morgan fingerprint density at radius 3 is 2.47 bits per heavy atom. The number of rotatable bonds is 5. The Morgan fingerprint density at radius 1 is 1.26 bits per heavy atom. The smallest absolute Gasteiger partial charge is 0.163 e. The van der Waals surface area contributed by atoms with E-state index in [2.05, 4.69) is 5.10 Å². The average molecular weight is 260 g/mol. The molecule has 0 aliphatic rings. The van der Waals surface area contributed by atoms with Crippen LogP contribution in [0.25, 0.3) is 0 Å². The highest BCUT2D eigenvalue weighted by molar-refractivity contribution is 5.39. The zero-order chi connectivity index (χ0) is 13.9. The van der Waals surface area contributed by atoms with Gasteiger partial charge in [0.2, 0.25) is 0 Å². The molecular weight excluding hydrogens is 240 g/mol. The van der Waals surface area contributed by atoms with Crippen molar-refractivity contribution in [1.29, 1.82) is 0 Å². The Morgan fingerprint density at radius 2 is 1.95 bits per heavy atom. The Labute approximate surface area is 113 Å². The molecule has 0 spiro atoms. The molecule has 0 aliphatic heterocycles. The van der Waals surface area contributed by atoms with Crippen LogP contribution in [0.2, 0.25) is 0 Å². The van der Waals surface area contributed by atoms with Crippen molar-refractivity contribution in [2.24, 2.45) is 0 Å². The van der Waals surface area contributed by atoms with Crippen molar-refractivity contribution in [3.8, 4) is 5.75 Å². The summed E-state index contributed by atoms with van der Waals surface area (Å²) in [5, 5.41) is 15.4. The maximum atomic E-state index is 11.1. The first-order chi connectivity index (χ1) is 9.17. The fourth-order valence-electron chi connectivity index (χ4n) is 2.40. The Kier molecular flexibility index (Phi) is 3.90. The second kappa shape index (κ2) is 5.45. The molecule has 1 N–H and O–H groups in total.